The minimum Gasteiger partial charge on any atom is -0.497 e. The number of benzene rings is 1. The maximum absolute atomic E-state index is 5.64. The van der Waals surface area contributed by atoms with Crippen molar-refractivity contribution < 1.29 is 9.47 Å². The van der Waals surface area contributed by atoms with Gasteiger partial charge in [-0.05, 0) is 24.6 Å². The van der Waals surface area contributed by atoms with Crippen molar-refractivity contribution in [2.75, 3.05) is 24.7 Å². The van der Waals surface area contributed by atoms with Gasteiger partial charge in [0.25, 0.3) is 0 Å². The van der Waals surface area contributed by atoms with Gasteiger partial charge in [0.2, 0.25) is 11.8 Å². The average Bonchev–Trinajstić information content (AvgIpc) is 2.45. The second kappa shape index (κ2) is 6.60. The highest BCUT2D eigenvalue weighted by Crippen LogP contribution is 2.18. The number of rotatable bonds is 6. The number of ether oxygens (including phenoxy) is 2. The van der Waals surface area contributed by atoms with Crippen molar-refractivity contribution in [2.24, 2.45) is 0 Å². The molecule has 0 aliphatic heterocycles. The smallest absolute Gasteiger partial charge is 0.225 e. The monoisotopic (exact) mass is 274 g/mol. The third kappa shape index (κ3) is 3.74. The molecule has 0 aliphatic rings. The molecule has 20 heavy (non-hydrogen) atoms. The number of nitrogens with zero attached hydrogens (tertiary/aromatic N) is 2. The number of hydrogen-bond donors (Lipinski definition) is 2. The summed E-state index contributed by atoms with van der Waals surface area (Å²) < 4.78 is 10.8. The molecule has 0 amide bonds. The van der Waals surface area contributed by atoms with Crippen LogP contribution in [0.15, 0.2) is 30.3 Å². The topological polar surface area (TPSA) is 82.3 Å². The number of anilines is 2. The van der Waals surface area contributed by atoms with Gasteiger partial charge in [-0.1, -0.05) is 12.1 Å². The van der Waals surface area contributed by atoms with Crippen molar-refractivity contribution in [3.05, 3.63) is 35.9 Å². The third-order valence-corrected chi connectivity index (χ3v) is 2.60. The van der Waals surface area contributed by atoms with Crippen LogP contribution in [-0.4, -0.2) is 23.6 Å². The van der Waals surface area contributed by atoms with E-state index in [4.69, 9.17) is 15.2 Å². The normalized spacial score (nSPS) is 10.1. The van der Waals surface area contributed by atoms with Crippen LogP contribution in [0.2, 0.25) is 0 Å². The van der Waals surface area contributed by atoms with Gasteiger partial charge >= 0.3 is 0 Å². The molecule has 0 spiro atoms. The lowest BCUT2D eigenvalue weighted by atomic mass is 10.2. The Balaban J connectivity index is 2.06. The summed E-state index contributed by atoms with van der Waals surface area (Å²) in [6.45, 7) is 3.13. The molecule has 0 saturated carbocycles. The van der Waals surface area contributed by atoms with Crippen molar-refractivity contribution in [1.29, 1.82) is 0 Å². The van der Waals surface area contributed by atoms with Gasteiger partial charge in [-0.3, -0.25) is 0 Å². The number of nitrogens with two attached hydrogens (primary N) is 1. The lowest BCUT2D eigenvalue weighted by Gasteiger charge is -2.09. The Morgan fingerprint density at radius 2 is 2.10 bits per heavy atom. The fourth-order valence-electron chi connectivity index (χ4n) is 1.71. The molecule has 2 rings (SSSR count). The molecule has 0 fully saturated rings. The highest BCUT2D eigenvalue weighted by Gasteiger charge is 2.04. The zero-order valence-electron chi connectivity index (χ0n) is 11.6. The third-order valence-electron chi connectivity index (χ3n) is 2.60. The fourth-order valence-corrected chi connectivity index (χ4v) is 1.71. The Morgan fingerprint density at radius 3 is 2.85 bits per heavy atom. The summed E-state index contributed by atoms with van der Waals surface area (Å²) in [4.78, 5) is 8.11. The van der Waals surface area contributed by atoms with E-state index >= 15 is 0 Å². The van der Waals surface area contributed by atoms with Crippen LogP contribution in [0.3, 0.4) is 0 Å². The average molecular weight is 274 g/mol. The molecule has 0 unspecified atom stereocenters. The molecule has 2 aromatic rings. The summed E-state index contributed by atoms with van der Waals surface area (Å²) in [5, 5.41) is 3.07. The zero-order valence-corrected chi connectivity index (χ0v) is 11.6. The molecule has 6 nitrogen and oxygen atoms in total. The lowest BCUT2D eigenvalue weighted by molar-refractivity contribution is 0.293. The van der Waals surface area contributed by atoms with Crippen LogP contribution in [0, 0.1) is 0 Å². The Hall–Kier alpha value is -2.50. The van der Waals surface area contributed by atoms with E-state index in [1.54, 1.807) is 13.2 Å². The molecule has 1 aromatic carbocycles. The first-order chi connectivity index (χ1) is 9.71. The van der Waals surface area contributed by atoms with Crippen LogP contribution in [0.1, 0.15) is 12.5 Å². The van der Waals surface area contributed by atoms with Crippen LogP contribution < -0.4 is 20.5 Å². The summed E-state index contributed by atoms with van der Waals surface area (Å²) >= 11 is 0. The van der Waals surface area contributed by atoms with Gasteiger partial charge in [0, 0.05) is 12.6 Å². The lowest BCUT2D eigenvalue weighted by Crippen LogP contribution is -2.05. The highest BCUT2D eigenvalue weighted by atomic mass is 16.5. The minimum absolute atomic E-state index is 0.184. The largest absolute Gasteiger partial charge is 0.497 e. The van der Waals surface area contributed by atoms with Crippen LogP contribution in [0.25, 0.3) is 0 Å². The Morgan fingerprint density at radius 1 is 1.25 bits per heavy atom. The molecule has 0 saturated heterocycles. The first-order valence-corrected chi connectivity index (χ1v) is 6.35. The van der Waals surface area contributed by atoms with Crippen molar-refractivity contribution in [2.45, 2.75) is 13.5 Å². The van der Waals surface area contributed by atoms with E-state index in [1.807, 2.05) is 31.2 Å². The molecule has 1 aromatic heterocycles. The summed E-state index contributed by atoms with van der Waals surface area (Å²) in [6.07, 6.45) is 0. The highest BCUT2D eigenvalue weighted by molar-refractivity contribution is 5.42. The van der Waals surface area contributed by atoms with E-state index in [0.29, 0.717) is 18.3 Å². The van der Waals surface area contributed by atoms with Crippen molar-refractivity contribution in [1.82, 2.24) is 9.97 Å². The molecule has 106 valence electrons. The van der Waals surface area contributed by atoms with E-state index in [9.17, 15) is 0 Å². The number of hydrogen-bond acceptors (Lipinski definition) is 6. The first-order valence-electron chi connectivity index (χ1n) is 6.35. The van der Waals surface area contributed by atoms with E-state index in [-0.39, 0.29) is 5.95 Å². The molecule has 0 aliphatic carbocycles. The zero-order chi connectivity index (χ0) is 14.4. The van der Waals surface area contributed by atoms with Gasteiger partial charge in [0.1, 0.15) is 18.2 Å². The van der Waals surface area contributed by atoms with E-state index < -0.39 is 0 Å². The Kier molecular flexibility index (Phi) is 4.60. The molecular formula is C14H18N4O2. The van der Waals surface area contributed by atoms with Gasteiger partial charge < -0.3 is 20.5 Å². The number of aromatic nitrogens is 2. The van der Waals surface area contributed by atoms with Gasteiger partial charge in [0.15, 0.2) is 0 Å². The predicted octanol–water partition coefficient (Wildman–Crippen LogP) is 2.08. The molecule has 6 heteroatoms. The van der Waals surface area contributed by atoms with E-state index in [1.165, 1.54) is 0 Å². The molecule has 3 N–H and O–H groups in total. The summed E-state index contributed by atoms with van der Waals surface area (Å²) in [5.41, 5.74) is 6.63. The molecule has 1 heterocycles. The van der Waals surface area contributed by atoms with Crippen molar-refractivity contribution >= 4 is 11.8 Å². The summed E-state index contributed by atoms with van der Waals surface area (Å²) in [6, 6.07) is 9.39. The molecule has 0 atom stereocenters. The van der Waals surface area contributed by atoms with Gasteiger partial charge in [0.05, 0.1) is 7.11 Å². The van der Waals surface area contributed by atoms with E-state index in [2.05, 4.69) is 15.3 Å². The van der Waals surface area contributed by atoms with Crippen molar-refractivity contribution in [3.8, 4) is 11.6 Å². The second-order valence-corrected chi connectivity index (χ2v) is 4.12. The van der Waals surface area contributed by atoms with Crippen LogP contribution in [0.5, 0.6) is 11.6 Å². The van der Waals surface area contributed by atoms with Crippen LogP contribution in [-0.2, 0) is 6.61 Å². The quantitative estimate of drug-likeness (QED) is 0.839. The maximum Gasteiger partial charge on any atom is 0.225 e. The number of methoxy groups -OCH3 is 1. The standard InChI is InChI=1S/C14H18N4O2/c1-3-16-12-8-13(18-14(15)17-12)20-9-10-5-4-6-11(7-10)19-2/h4-8H,3,9H2,1-2H3,(H3,15,16,17,18). The summed E-state index contributed by atoms with van der Waals surface area (Å²) in [7, 11) is 1.63. The maximum atomic E-state index is 5.64. The number of nitrogen functional groups attached to an aromatic ring is 1. The SMILES string of the molecule is CCNc1cc(OCc2cccc(OC)c2)nc(N)n1. The van der Waals surface area contributed by atoms with Gasteiger partial charge in [-0.25, -0.2) is 0 Å². The van der Waals surface area contributed by atoms with E-state index in [0.717, 1.165) is 17.9 Å². The molecule has 0 bridgehead atoms. The van der Waals surface area contributed by atoms with Gasteiger partial charge in [-0.15, -0.1) is 0 Å². The fraction of sp³-hybridized carbons (Fsp3) is 0.286. The molecule has 0 radical (unpaired) electrons. The predicted molar refractivity (Wildman–Crippen MR) is 77.9 cm³/mol. The van der Waals surface area contributed by atoms with Crippen LogP contribution in [0.4, 0.5) is 11.8 Å². The summed E-state index contributed by atoms with van der Waals surface area (Å²) in [5.74, 6) is 2.07. The second-order valence-electron chi connectivity index (χ2n) is 4.12. The van der Waals surface area contributed by atoms with Crippen LogP contribution >= 0.6 is 0 Å². The first kappa shape index (κ1) is 13.9. The minimum atomic E-state index is 0.184. The van der Waals surface area contributed by atoms with Gasteiger partial charge in [-0.2, -0.15) is 9.97 Å². The molecular weight excluding hydrogens is 256 g/mol. The van der Waals surface area contributed by atoms with Crippen molar-refractivity contribution in [3.63, 3.8) is 0 Å². The Labute approximate surface area is 118 Å². The Bertz CT molecular complexity index is 575. The number of nitrogens with one attached hydrogen (secondary N) is 1.